The fraction of sp³-hybridized carbons (Fsp3) is 0.772. The summed E-state index contributed by atoms with van der Waals surface area (Å²) in [6.07, 6.45) is 4.72. The highest BCUT2D eigenvalue weighted by Gasteiger charge is 2.22. The van der Waals surface area contributed by atoms with E-state index < -0.39 is 41.8 Å². The molecular weight excluding hydrogens is 1220 g/mol. The standard InChI is InChI=1S/C57H102N12O21S/c1-42(70)35-67-45(55(58)80)11-4-7-17-61-50(75)37-87-31-28-84-24-20-63-51(76)38-88-32-27-83-23-19-62-49(74)15-10-14-48(73)60-16-8-6-13-47(57(82)66-18-9-5-12-46(56(59)81)68-36-43(2)71)69-53(78)40-90-34-30-85-25-21-64-52(77)39-89-33-29-86-26-22-65-54(79)41-91-44(3)72/h45-47,67-68H,4-41H2,1-3H3,(H2,58,80)(H2,59,81)(H,60,73)(H,61,75)(H,62,74)(H,63,76)(H,64,77)(H,65,79)(H,66,82)(H,69,78)/t45-,46-,47-/m0/s1. The number of hydrogen-bond donors (Lipinski definition) is 12. The van der Waals surface area contributed by atoms with Crippen molar-refractivity contribution in [3.63, 3.8) is 0 Å². The van der Waals surface area contributed by atoms with Gasteiger partial charge < -0.3 is 91.9 Å². The van der Waals surface area contributed by atoms with E-state index in [0.29, 0.717) is 70.9 Å². The van der Waals surface area contributed by atoms with E-state index in [-0.39, 0.29) is 229 Å². The molecule has 522 valence electrons. The molecule has 0 aromatic heterocycles. The molecule has 0 saturated carbocycles. The number of unbranched alkanes of at least 4 members (excludes halogenated alkanes) is 3. The number of rotatable bonds is 63. The summed E-state index contributed by atoms with van der Waals surface area (Å²) in [5.41, 5.74) is 10.8. The van der Waals surface area contributed by atoms with Crippen molar-refractivity contribution in [3.8, 4) is 0 Å². The first-order chi connectivity index (χ1) is 43.7. The Morgan fingerprint density at radius 1 is 0.341 bits per heavy atom. The second-order valence-electron chi connectivity index (χ2n) is 20.4. The molecule has 0 saturated heterocycles. The zero-order chi connectivity index (χ0) is 67.5. The molecule has 0 fully saturated rings. The van der Waals surface area contributed by atoms with E-state index in [1.54, 1.807) is 0 Å². The zero-order valence-corrected chi connectivity index (χ0v) is 54.1. The molecule has 0 spiro atoms. The zero-order valence-electron chi connectivity index (χ0n) is 53.2. The Bertz CT molecular complexity index is 2140. The fourth-order valence-corrected chi connectivity index (χ4v) is 7.92. The second-order valence-corrected chi connectivity index (χ2v) is 21.5. The lowest BCUT2D eigenvalue weighted by Gasteiger charge is -2.19. The molecular formula is C57H102N12O21S. The maximum absolute atomic E-state index is 13.3. The van der Waals surface area contributed by atoms with Crippen LogP contribution in [0.25, 0.3) is 0 Å². The number of carbonyl (C=O) groups excluding carboxylic acids is 13. The van der Waals surface area contributed by atoms with Gasteiger partial charge in [-0.1, -0.05) is 11.8 Å². The predicted octanol–water partition coefficient (Wildman–Crippen LogP) is -4.56. The minimum absolute atomic E-state index is 0.00172. The summed E-state index contributed by atoms with van der Waals surface area (Å²) < 4.78 is 42.9. The molecule has 0 aromatic rings. The maximum atomic E-state index is 13.3. The third-order valence-electron chi connectivity index (χ3n) is 12.1. The number of amides is 10. The predicted molar refractivity (Wildman–Crippen MR) is 331 cm³/mol. The van der Waals surface area contributed by atoms with Gasteiger partial charge in [0.1, 0.15) is 44.0 Å². The number of thioether (sulfide) groups is 1. The third kappa shape index (κ3) is 57.3. The summed E-state index contributed by atoms with van der Waals surface area (Å²) in [7, 11) is 0. The first-order valence-electron chi connectivity index (χ1n) is 30.7. The van der Waals surface area contributed by atoms with Crippen LogP contribution in [0.2, 0.25) is 0 Å². The van der Waals surface area contributed by atoms with Crippen LogP contribution in [-0.2, 0) is 100 Å². The molecule has 0 aromatic carbocycles. The van der Waals surface area contributed by atoms with Gasteiger partial charge >= 0.3 is 0 Å². The van der Waals surface area contributed by atoms with Crippen molar-refractivity contribution < 1.29 is 100 Å². The molecule has 0 radical (unpaired) electrons. The summed E-state index contributed by atoms with van der Waals surface area (Å²) >= 11 is 0.918. The lowest BCUT2D eigenvalue weighted by atomic mass is 10.1. The molecule has 91 heavy (non-hydrogen) atoms. The molecule has 34 heteroatoms. The van der Waals surface area contributed by atoms with Crippen molar-refractivity contribution in [1.29, 1.82) is 0 Å². The van der Waals surface area contributed by atoms with Gasteiger partial charge in [0.25, 0.3) is 0 Å². The molecule has 14 N–H and O–H groups in total. The minimum atomic E-state index is -0.931. The van der Waals surface area contributed by atoms with Crippen LogP contribution in [0.15, 0.2) is 0 Å². The van der Waals surface area contributed by atoms with E-state index in [1.165, 1.54) is 20.8 Å². The second kappa shape index (κ2) is 58.7. The summed E-state index contributed by atoms with van der Waals surface area (Å²) in [5.74, 6) is -4.11. The van der Waals surface area contributed by atoms with Crippen molar-refractivity contribution in [1.82, 2.24) is 53.2 Å². The molecule has 33 nitrogen and oxygen atoms in total. The maximum Gasteiger partial charge on any atom is 0.246 e. The van der Waals surface area contributed by atoms with E-state index in [9.17, 15) is 62.3 Å². The first-order valence-corrected chi connectivity index (χ1v) is 31.6. The van der Waals surface area contributed by atoms with Gasteiger partial charge in [-0.2, -0.15) is 0 Å². The quantitative estimate of drug-likeness (QED) is 0.0255. The van der Waals surface area contributed by atoms with Gasteiger partial charge in [-0.15, -0.1) is 0 Å². The van der Waals surface area contributed by atoms with Crippen LogP contribution in [0.3, 0.4) is 0 Å². The SMILES string of the molecule is CC(=O)CN[C@@H](CCCCNC(=O)COCCOCCNC(=O)COCCOCCNC(=O)CCCC(=O)NCCCC[C@H](NC(=O)COCCOCCNC(=O)COCCOCCNC(=O)CSC(C)=O)C(=O)NCCCC[C@H](NCC(C)=O)C(N)=O)C(N)=O. The van der Waals surface area contributed by atoms with Crippen molar-refractivity contribution in [2.24, 2.45) is 11.5 Å². The van der Waals surface area contributed by atoms with Crippen LogP contribution in [-0.4, -0.2) is 264 Å². The van der Waals surface area contributed by atoms with Crippen LogP contribution in [0.1, 0.15) is 97.8 Å². The van der Waals surface area contributed by atoms with Crippen LogP contribution in [0.5, 0.6) is 0 Å². The smallest absolute Gasteiger partial charge is 0.246 e. The number of nitrogens with two attached hydrogens (primary N) is 2. The molecule has 3 atom stereocenters. The van der Waals surface area contributed by atoms with Gasteiger partial charge in [0.15, 0.2) is 5.12 Å². The number of ketones is 2. The normalized spacial score (nSPS) is 11.9. The van der Waals surface area contributed by atoms with E-state index >= 15 is 0 Å². The summed E-state index contributed by atoms with van der Waals surface area (Å²) in [6.45, 7) is 7.28. The summed E-state index contributed by atoms with van der Waals surface area (Å²) in [5, 5.41) is 27.1. The Hall–Kier alpha value is -6.34. The van der Waals surface area contributed by atoms with Crippen molar-refractivity contribution in [3.05, 3.63) is 0 Å². The number of primary amides is 2. The Morgan fingerprint density at radius 2 is 0.659 bits per heavy atom. The van der Waals surface area contributed by atoms with Crippen LogP contribution >= 0.6 is 11.8 Å². The van der Waals surface area contributed by atoms with E-state index in [0.717, 1.165) is 11.8 Å². The summed E-state index contributed by atoms with van der Waals surface area (Å²) in [6, 6.07) is -2.24. The Labute approximate surface area is 536 Å². The molecule has 0 unspecified atom stereocenters. The van der Waals surface area contributed by atoms with Crippen molar-refractivity contribution >= 4 is 87.5 Å². The van der Waals surface area contributed by atoms with E-state index in [1.807, 2.05) is 0 Å². The lowest BCUT2D eigenvalue weighted by Crippen LogP contribution is -2.48. The average molecular weight is 1320 g/mol. The number of nitrogens with one attached hydrogen (secondary N) is 10. The van der Waals surface area contributed by atoms with Gasteiger partial charge in [-0.05, 0) is 78.1 Å². The fourth-order valence-electron chi connectivity index (χ4n) is 7.49. The monoisotopic (exact) mass is 1320 g/mol. The highest BCUT2D eigenvalue weighted by molar-refractivity contribution is 8.14. The van der Waals surface area contributed by atoms with Crippen molar-refractivity contribution in [2.45, 2.75) is 116 Å². The molecule has 0 heterocycles. The van der Waals surface area contributed by atoms with E-state index in [2.05, 4.69) is 53.2 Å². The summed E-state index contributed by atoms with van der Waals surface area (Å²) in [4.78, 5) is 155. The molecule has 0 bridgehead atoms. The number of Topliss-reactive ketones (excluding diaryl/α,β-unsaturated/α-hetero) is 2. The van der Waals surface area contributed by atoms with Crippen molar-refractivity contribution in [2.75, 3.05) is 170 Å². The lowest BCUT2D eigenvalue weighted by molar-refractivity contribution is -0.132. The molecule has 0 aliphatic heterocycles. The van der Waals surface area contributed by atoms with Gasteiger partial charge in [0.05, 0.1) is 110 Å². The average Bonchev–Trinajstić information content (AvgIpc) is 3.28. The van der Waals surface area contributed by atoms with Gasteiger partial charge in [-0.25, -0.2) is 0 Å². The molecule has 0 aliphatic carbocycles. The first kappa shape index (κ1) is 84.7. The van der Waals surface area contributed by atoms with Crippen LogP contribution in [0.4, 0.5) is 0 Å². The molecule has 0 rings (SSSR count). The van der Waals surface area contributed by atoms with Crippen LogP contribution < -0.4 is 64.6 Å². The van der Waals surface area contributed by atoms with E-state index in [4.69, 9.17) is 49.4 Å². The topological polar surface area (TPSA) is 468 Å². The Morgan fingerprint density at radius 3 is 1.03 bits per heavy atom. The third-order valence-corrected chi connectivity index (χ3v) is 13.0. The Kier molecular flexibility index (Phi) is 54.6. The molecule has 0 aliphatic rings. The Balaban J connectivity index is 4.31. The highest BCUT2D eigenvalue weighted by atomic mass is 32.2. The largest absolute Gasteiger partial charge is 0.377 e. The highest BCUT2D eigenvalue weighted by Crippen LogP contribution is 2.06. The van der Waals surface area contributed by atoms with Gasteiger partial charge in [-0.3, -0.25) is 73.0 Å². The molecule has 10 amide bonds. The number of carbonyl (C=O) groups is 13. The van der Waals surface area contributed by atoms with Gasteiger partial charge in [0, 0.05) is 65.6 Å². The minimum Gasteiger partial charge on any atom is -0.377 e. The van der Waals surface area contributed by atoms with Gasteiger partial charge in [0.2, 0.25) is 59.1 Å². The van der Waals surface area contributed by atoms with Crippen LogP contribution in [0, 0.1) is 0 Å². The number of hydrogen-bond acceptors (Lipinski definition) is 24. The number of ether oxygens (including phenoxy) is 8.